The van der Waals surface area contributed by atoms with Gasteiger partial charge in [-0.25, -0.2) is 4.79 Å². The largest absolute Gasteiger partial charge is 0.487 e. The van der Waals surface area contributed by atoms with Crippen LogP contribution >= 0.6 is 0 Å². The standard InChI is InChI=1S/C15H18N2O3/c1-4-11-8-12(17(3)16-11)9-20-14-7-5-6-13(10(14)2)15(18)19/h5-8H,4,9H2,1-3H3,(H,18,19). The number of aromatic carboxylic acids is 1. The summed E-state index contributed by atoms with van der Waals surface area (Å²) in [5.41, 5.74) is 2.88. The van der Waals surface area contributed by atoms with E-state index in [1.165, 1.54) is 0 Å². The molecular weight excluding hydrogens is 256 g/mol. The Hall–Kier alpha value is -2.30. The van der Waals surface area contributed by atoms with Crippen molar-refractivity contribution in [2.24, 2.45) is 7.05 Å². The van der Waals surface area contributed by atoms with Crippen molar-refractivity contribution in [3.8, 4) is 5.75 Å². The quantitative estimate of drug-likeness (QED) is 0.910. The van der Waals surface area contributed by atoms with Crippen molar-refractivity contribution in [3.63, 3.8) is 0 Å². The fourth-order valence-electron chi connectivity index (χ4n) is 2.03. The Kier molecular flexibility index (Phi) is 4.08. The zero-order chi connectivity index (χ0) is 14.7. The van der Waals surface area contributed by atoms with Gasteiger partial charge < -0.3 is 9.84 Å². The van der Waals surface area contributed by atoms with E-state index in [1.54, 1.807) is 29.8 Å². The Balaban J connectivity index is 2.16. The summed E-state index contributed by atoms with van der Waals surface area (Å²) in [5.74, 6) is -0.356. The zero-order valence-electron chi connectivity index (χ0n) is 11.9. The highest BCUT2D eigenvalue weighted by atomic mass is 16.5. The van der Waals surface area contributed by atoms with Gasteiger partial charge in [-0.15, -0.1) is 0 Å². The number of benzene rings is 1. The number of aryl methyl sites for hydroxylation is 2. The van der Waals surface area contributed by atoms with Crippen molar-refractivity contribution in [2.45, 2.75) is 26.9 Å². The van der Waals surface area contributed by atoms with Crippen molar-refractivity contribution >= 4 is 5.97 Å². The third-order valence-electron chi connectivity index (χ3n) is 3.28. The molecular formula is C15H18N2O3. The van der Waals surface area contributed by atoms with Crippen LogP contribution in [0.4, 0.5) is 0 Å². The van der Waals surface area contributed by atoms with Crippen LogP contribution in [0.1, 0.15) is 34.2 Å². The fourth-order valence-corrected chi connectivity index (χ4v) is 2.03. The molecule has 0 saturated carbocycles. The Morgan fingerprint density at radius 1 is 1.45 bits per heavy atom. The molecule has 1 N–H and O–H groups in total. The average molecular weight is 274 g/mol. The van der Waals surface area contributed by atoms with Crippen molar-refractivity contribution in [1.82, 2.24) is 9.78 Å². The molecule has 0 amide bonds. The third-order valence-corrected chi connectivity index (χ3v) is 3.28. The van der Waals surface area contributed by atoms with E-state index in [-0.39, 0.29) is 5.56 Å². The van der Waals surface area contributed by atoms with Crippen LogP contribution in [-0.4, -0.2) is 20.9 Å². The first-order chi connectivity index (χ1) is 9.52. The van der Waals surface area contributed by atoms with Crippen LogP contribution in [0.2, 0.25) is 0 Å². The van der Waals surface area contributed by atoms with Gasteiger partial charge in [0, 0.05) is 12.6 Å². The molecule has 0 radical (unpaired) electrons. The van der Waals surface area contributed by atoms with Crippen molar-refractivity contribution in [2.75, 3.05) is 0 Å². The lowest BCUT2D eigenvalue weighted by Gasteiger charge is -2.10. The molecule has 0 saturated heterocycles. The number of hydrogen-bond donors (Lipinski definition) is 1. The van der Waals surface area contributed by atoms with E-state index in [2.05, 4.69) is 5.10 Å². The van der Waals surface area contributed by atoms with Crippen LogP contribution in [0.3, 0.4) is 0 Å². The van der Waals surface area contributed by atoms with Crippen LogP contribution < -0.4 is 4.74 Å². The Morgan fingerprint density at radius 2 is 2.20 bits per heavy atom. The van der Waals surface area contributed by atoms with E-state index in [0.29, 0.717) is 17.9 Å². The van der Waals surface area contributed by atoms with Crippen LogP contribution in [0, 0.1) is 6.92 Å². The van der Waals surface area contributed by atoms with Crippen LogP contribution in [-0.2, 0) is 20.1 Å². The molecule has 20 heavy (non-hydrogen) atoms. The fraction of sp³-hybridized carbons (Fsp3) is 0.333. The smallest absolute Gasteiger partial charge is 0.336 e. The van der Waals surface area contributed by atoms with Gasteiger partial charge in [0.15, 0.2) is 0 Å². The first-order valence-electron chi connectivity index (χ1n) is 6.50. The lowest BCUT2D eigenvalue weighted by molar-refractivity contribution is 0.0695. The van der Waals surface area contributed by atoms with Gasteiger partial charge >= 0.3 is 5.97 Å². The SMILES string of the molecule is CCc1cc(COc2cccc(C(=O)O)c2C)n(C)n1. The minimum absolute atomic E-state index is 0.266. The van der Waals surface area contributed by atoms with E-state index in [4.69, 9.17) is 9.84 Å². The van der Waals surface area contributed by atoms with E-state index >= 15 is 0 Å². The molecule has 2 rings (SSSR count). The lowest BCUT2D eigenvalue weighted by atomic mass is 10.1. The summed E-state index contributed by atoms with van der Waals surface area (Å²) in [4.78, 5) is 11.1. The number of carbonyl (C=O) groups is 1. The van der Waals surface area contributed by atoms with Crippen LogP contribution in [0.5, 0.6) is 5.75 Å². The predicted molar refractivity (Wildman–Crippen MR) is 75.1 cm³/mol. The van der Waals surface area contributed by atoms with Gasteiger partial charge in [0.25, 0.3) is 0 Å². The Labute approximate surface area is 117 Å². The van der Waals surface area contributed by atoms with Crippen molar-refractivity contribution < 1.29 is 14.6 Å². The molecule has 1 heterocycles. The maximum absolute atomic E-state index is 11.1. The molecule has 2 aromatic rings. The van der Waals surface area contributed by atoms with E-state index < -0.39 is 5.97 Å². The summed E-state index contributed by atoms with van der Waals surface area (Å²) in [5, 5.41) is 13.4. The summed E-state index contributed by atoms with van der Waals surface area (Å²) in [6.45, 7) is 4.17. The summed E-state index contributed by atoms with van der Waals surface area (Å²) < 4.78 is 7.52. The van der Waals surface area contributed by atoms with Gasteiger partial charge in [0.2, 0.25) is 0 Å². The highest BCUT2D eigenvalue weighted by molar-refractivity contribution is 5.90. The number of nitrogens with zero attached hydrogens (tertiary/aromatic N) is 2. The normalized spacial score (nSPS) is 10.6. The molecule has 0 bridgehead atoms. The first kappa shape index (κ1) is 14.1. The second-order valence-corrected chi connectivity index (χ2v) is 4.63. The first-order valence-corrected chi connectivity index (χ1v) is 6.50. The van der Waals surface area contributed by atoms with Gasteiger partial charge in [0.05, 0.1) is 17.0 Å². The van der Waals surface area contributed by atoms with Crippen molar-refractivity contribution in [3.05, 3.63) is 46.8 Å². The number of ether oxygens (including phenoxy) is 1. The van der Waals surface area contributed by atoms with Gasteiger partial charge in [-0.1, -0.05) is 13.0 Å². The molecule has 106 valence electrons. The molecule has 5 nitrogen and oxygen atoms in total. The summed E-state index contributed by atoms with van der Waals surface area (Å²) >= 11 is 0. The van der Waals surface area contributed by atoms with Gasteiger partial charge in [-0.05, 0) is 31.5 Å². The number of aromatic nitrogens is 2. The molecule has 1 aromatic carbocycles. The number of carboxylic acid groups (broad SMARTS) is 1. The molecule has 0 aliphatic heterocycles. The maximum atomic E-state index is 11.1. The number of carboxylic acids is 1. The molecule has 0 unspecified atom stereocenters. The third kappa shape index (κ3) is 2.82. The average Bonchev–Trinajstić information content (AvgIpc) is 2.78. The van der Waals surface area contributed by atoms with E-state index in [0.717, 1.165) is 17.8 Å². The van der Waals surface area contributed by atoms with Gasteiger partial charge in [-0.3, -0.25) is 4.68 Å². The lowest BCUT2D eigenvalue weighted by Crippen LogP contribution is -2.06. The molecule has 0 atom stereocenters. The molecule has 0 aliphatic carbocycles. The topological polar surface area (TPSA) is 64.3 Å². The Morgan fingerprint density at radius 3 is 2.80 bits per heavy atom. The molecule has 1 aromatic heterocycles. The molecule has 5 heteroatoms. The zero-order valence-corrected chi connectivity index (χ0v) is 11.9. The molecule has 0 fully saturated rings. The summed E-state index contributed by atoms with van der Waals surface area (Å²) in [7, 11) is 1.87. The minimum Gasteiger partial charge on any atom is -0.487 e. The van der Waals surface area contributed by atoms with E-state index in [1.807, 2.05) is 20.0 Å². The van der Waals surface area contributed by atoms with Crippen molar-refractivity contribution in [1.29, 1.82) is 0 Å². The molecule has 0 aliphatic rings. The van der Waals surface area contributed by atoms with Crippen LogP contribution in [0.15, 0.2) is 24.3 Å². The molecule has 0 spiro atoms. The second-order valence-electron chi connectivity index (χ2n) is 4.63. The van der Waals surface area contributed by atoms with Crippen LogP contribution in [0.25, 0.3) is 0 Å². The monoisotopic (exact) mass is 274 g/mol. The number of hydrogen-bond acceptors (Lipinski definition) is 3. The maximum Gasteiger partial charge on any atom is 0.336 e. The predicted octanol–water partition coefficient (Wildman–Crippen LogP) is 2.57. The summed E-state index contributed by atoms with van der Waals surface area (Å²) in [6, 6.07) is 7.03. The minimum atomic E-state index is -0.943. The second kappa shape index (κ2) is 5.77. The van der Waals surface area contributed by atoms with Gasteiger partial charge in [-0.2, -0.15) is 5.10 Å². The van der Waals surface area contributed by atoms with Gasteiger partial charge in [0.1, 0.15) is 12.4 Å². The highest BCUT2D eigenvalue weighted by Gasteiger charge is 2.12. The highest BCUT2D eigenvalue weighted by Crippen LogP contribution is 2.22. The Bertz CT molecular complexity index is 632. The number of rotatable bonds is 5. The van der Waals surface area contributed by atoms with E-state index in [9.17, 15) is 4.79 Å². The summed E-state index contributed by atoms with van der Waals surface area (Å²) in [6.07, 6.45) is 0.876.